The second kappa shape index (κ2) is 18.7. The fraction of sp³-hybridized carbons (Fsp3) is 0.395. The Balaban J connectivity index is 0.000000437. The number of nitrogens with one attached hydrogen (secondary N) is 1. The molecular weight excluding hydrogens is 625 g/mol. The highest BCUT2D eigenvalue weighted by molar-refractivity contribution is 7.14. The number of carboxylic acid groups (broad SMARTS) is 1. The van der Waals surface area contributed by atoms with E-state index in [2.05, 4.69) is 43.0 Å². The van der Waals surface area contributed by atoms with Gasteiger partial charge in [0.2, 0.25) is 5.91 Å². The standard InChI is InChI=1S/C29H35N3O4.C9H13NOS/c1-3-4-5-6-7-18-36-26-15-13-23(14-16-26)25-19-30-28(31-20-25)24-11-8-22(9-12-24)10-17-27(33)32-21(2)29(34)35;1-9(2,3)7-5-4-6(12-7)8(10)11/h8-9,11-16,19-21H,3-7,10,17-18H2,1-2H3,(H,32,33)(H,34,35);4-5H,1-3H3,(H2,10,11)/t21-;/m1./s1. The van der Waals surface area contributed by atoms with Gasteiger partial charge in [-0.15, -0.1) is 11.3 Å². The van der Waals surface area contributed by atoms with E-state index in [1.165, 1.54) is 48.8 Å². The number of aromatic nitrogens is 2. The lowest BCUT2D eigenvalue weighted by Gasteiger charge is -2.14. The zero-order chi connectivity index (χ0) is 35.1. The van der Waals surface area contributed by atoms with Gasteiger partial charge >= 0.3 is 5.97 Å². The third-order valence-corrected chi connectivity index (χ3v) is 9.07. The number of carbonyl (C=O) groups is 3. The SMILES string of the molecule is CC(C)(C)c1ccc(C(N)=O)s1.CCCCCCCOc1ccc(-c2cnc(-c3ccc(CCC(=O)N[C@H](C)C(=O)O)cc3)nc2)cc1. The van der Waals surface area contributed by atoms with Crippen molar-refractivity contribution in [2.24, 2.45) is 5.73 Å². The molecule has 0 unspecified atom stereocenters. The van der Waals surface area contributed by atoms with E-state index in [1.54, 1.807) is 6.07 Å². The number of thiophene rings is 1. The first-order chi connectivity index (χ1) is 22.9. The number of amides is 2. The van der Waals surface area contributed by atoms with Crippen LogP contribution < -0.4 is 15.8 Å². The summed E-state index contributed by atoms with van der Waals surface area (Å²) in [6.45, 7) is 10.8. The summed E-state index contributed by atoms with van der Waals surface area (Å²) in [5.74, 6) is -0.166. The Bertz CT molecular complexity index is 1590. The molecule has 2 amide bonds. The highest BCUT2D eigenvalue weighted by Gasteiger charge is 2.17. The molecule has 0 aliphatic heterocycles. The number of nitrogens with two attached hydrogens (primary N) is 1. The Morgan fingerprint density at radius 2 is 1.50 bits per heavy atom. The van der Waals surface area contributed by atoms with Crippen molar-refractivity contribution in [3.05, 3.63) is 88.4 Å². The van der Waals surface area contributed by atoms with Gasteiger partial charge in [-0.2, -0.15) is 0 Å². The van der Waals surface area contributed by atoms with Crippen LogP contribution in [0, 0.1) is 0 Å². The average Bonchev–Trinajstić information content (AvgIpc) is 3.59. The topological polar surface area (TPSA) is 144 Å². The van der Waals surface area contributed by atoms with Gasteiger partial charge in [0.05, 0.1) is 11.5 Å². The summed E-state index contributed by atoms with van der Waals surface area (Å²) in [4.78, 5) is 44.4. The summed E-state index contributed by atoms with van der Waals surface area (Å²) in [7, 11) is 0. The van der Waals surface area contributed by atoms with Gasteiger partial charge < -0.3 is 20.9 Å². The molecule has 4 aromatic rings. The molecule has 2 aromatic carbocycles. The summed E-state index contributed by atoms with van der Waals surface area (Å²) < 4.78 is 5.84. The molecule has 2 aromatic heterocycles. The van der Waals surface area contributed by atoms with Crippen LogP contribution in [0.15, 0.2) is 73.1 Å². The molecule has 9 nitrogen and oxygen atoms in total. The molecule has 0 bridgehead atoms. The van der Waals surface area contributed by atoms with Crippen LogP contribution in [0.25, 0.3) is 22.5 Å². The highest BCUT2D eigenvalue weighted by Crippen LogP contribution is 2.29. The lowest BCUT2D eigenvalue weighted by atomic mass is 9.95. The van der Waals surface area contributed by atoms with E-state index in [0.717, 1.165) is 41.0 Å². The van der Waals surface area contributed by atoms with E-state index in [9.17, 15) is 14.4 Å². The van der Waals surface area contributed by atoms with Crippen molar-refractivity contribution in [2.75, 3.05) is 6.61 Å². The predicted octanol–water partition coefficient (Wildman–Crippen LogP) is 7.83. The number of rotatable bonds is 15. The molecule has 2 heterocycles. The zero-order valence-corrected chi connectivity index (χ0v) is 29.4. The minimum Gasteiger partial charge on any atom is -0.494 e. The van der Waals surface area contributed by atoms with E-state index in [4.69, 9.17) is 15.6 Å². The number of hydrogen-bond donors (Lipinski definition) is 3. The second-order valence-corrected chi connectivity index (χ2v) is 13.8. The van der Waals surface area contributed by atoms with Gasteiger partial charge in [-0.3, -0.25) is 14.4 Å². The van der Waals surface area contributed by atoms with E-state index in [0.29, 0.717) is 17.1 Å². The van der Waals surface area contributed by atoms with Crippen LogP contribution in [-0.2, 0) is 21.4 Å². The van der Waals surface area contributed by atoms with Crippen molar-refractivity contribution in [3.8, 4) is 28.3 Å². The number of nitrogens with zero attached hydrogens (tertiary/aromatic N) is 2. The first kappa shape index (κ1) is 37.9. The molecule has 4 N–H and O–H groups in total. The third kappa shape index (κ3) is 12.6. The number of primary amides is 1. The summed E-state index contributed by atoms with van der Waals surface area (Å²) >= 11 is 1.47. The minimum atomic E-state index is -1.05. The Kier molecular flexibility index (Phi) is 14.7. The van der Waals surface area contributed by atoms with Crippen LogP contribution in [-0.4, -0.2) is 45.5 Å². The van der Waals surface area contributed by atoms with Crippen molar-refractivity contribution < 1.29 is 24.2 Å². The van der Waals surface area contributed by atoms with Crippen LogP contribution in [0.4, 0.5) is 0 Å². The lowest BCUT2D eigenvalue weighted by Crippen LogP contribution is -2.38. The van der Waals surface area contributed by atoms with Crippen LogP contribution in [0.1, 0.15) is 93.3 Å². The summed E-state index contributed by atoms with van der Waals surface area (Å²) in [6, 6.07) is 18.6. The number of unbranched alkanes of at least 4 members (excludes halogenated alkanes) is 4. The molecule has 4 rings (SSSR count). The number of aliphatic carboxylic acids is 1. The fourth-order valence-electron chi connectivity index (χ4n) is 4.59. The molecule has 0 aliphatic carbocycles. The quantitative estimate of drug-likeness (QED) is 0.109. The largest absolute Gasteiger partial charge is 0.494 e. The maximum atomic E-state index is 11.9. The Morgan fingerprint density at radius 1 is 0.875 bits per heavy atom. The van der Waals surface area contributed by atoms with Crippen molar-refractivity contribution in [1.29, 1.82) is 0 Å². The third-order valence-electron chi connectivity index (χ3n) is 7.54. The number of hydrogen-bond acceptors (Lipinski definition) is 7. The van der Waals surface area contributed by atoms with Crippen molar-refractivity contribution in [2.45, 2.75) is 91.0 Å². The number of carboxylic acids is 1. The molecule has 256 valence electrons. The Morgan fingerprint density at radius 3 is 2.04 bits per heavy atom. The van der Waals surface area contributed by atoms with Crippen LogP contribution in [0.2, 0.25) is 0 Å². The number of carbonyl (C=O) groups excluding carboxylic acids is 2. The van der Waals surface area contributed by atoms with Gasteiger partial charge in [0, 0.05) is 34.8 Å². The molecule has 0 aliphatic rings. The smallest absolute Gasteiger partial charge is 0.325 e. The molecular formula is C38H48N4O5S. The van der Waals surface area contributed by atoms with E-state index in [-0.39, 0.29) is 23.7 Å². The first-order valence-electron chi connectivity index (χ1n) is 16.4. The predicted molar refractivity (Wildman–Crippen MR) is 192 cm³/mol. The highest BCUT2D eigenvalue weighted by atomic mass is 32.1. The molecule has 48 heavy (non-hydrogen) atoms. The first-order valence-corrected chi connectivity index (χ1v) is 17.3. The van der Waals surface area contributed by atoms with Crippen LogP contribution in [0.5, 0.6) is 5.75 Å². The van der Waals surface area contributed by atoms with Crippen molar-refractivity contribution >= 4 is 29.1 Å². The molecule has 0 fully saturated rings. The average molecular weight is 673 g/mol. The number of benzene rings is 2. The van der Waals surface area contributed by atoms with Crippen molar-refractivity contribution in [3.63, 3.8) is 0 Å². The fourth-order valence-corrected chi connectivity index (χ4v) is 5.51. The molecule has 1 atom stereocenters. The number of ether oxygens (including phenoxy) is 1. The Labute approximate surface area is 288 Å². The van der Waals surface area contributed by atoms with E-state index >= 15 is 0 Å². The maximum Gasteiger partial charge on any atom is 0.325 e. The molecule has 0 radical (unpaired) electrons. The van der Waals surface area contributed by atoms with Gasteiger partial charge in [-0.1, -0.05) is 89.8 Å². The lowest BCUT2D eigenvalue weighted by molar-refractivity contribution is -0.141. The van der Waals surface area contributed by atoms with Crippen molar-refractivity contribution in [1.82, 2.24) is 15.3 Å². The molecule has 0 saturated carbocycles. The van der Waals surface area contributed by atoms with Gasteiger partial charge in [0.25, 0.3) is 5.91 Å². The summed E-state index contributed by atoms with van der Waals surface area (Å²) in [5.41, 5.74) is 9.08. The zero-order valence-electron chi connectivity index (χ0n) is 28.6. The minimum absolute atomic E-state index is 0.109. The van der Waals surface area contributed by atoms with Crippen LogP contribution >= 0.6 is 11.3 Å². The number of aryl methyl sites for hydroxylation is 1. The van der Waals surface area contributed by atoms with E-state index < -0.39 is 12.0 Å². The van der Waals surface area contributed by atoms with Crippen LogP contribution in [0.3, 0.4) is 0 Å². The summed E-state index contributed by atoms with van der Waals surface area (Å²) in [5, 5.41) is 11.3. The van der Waals surface area contributed by atoms with Gasteiger partial charge in [0.15, 0.2) is 5.82 Å². The molecule has 10 heteroatoms. The molecule has 0 saturated heterocycles. The van der Waals surface area contributed by atoms with Gasteiger partial charge in [0.1, 0.15) is 11.8 Å². The second-order valence-electron chi connectivity index (χ2n) is 12.7. The Hall–Kier alpha value is -4.57. The van der Waals surface area contributed by atoms with Gasteiger partial charge in [-0.05, 0) is 60.6 Å². The van der Waals surface area contributed by atoms with E-state index in [1.807, 2.05) is 67.0 Å². The maximum absolute atomic E-state index is 11.9. The van der Waals surface area contributed by atoms with Gasteiger partial charge in [-0.25, -0.2) is 9.97 Å². The molecule has 0 spiro atoms. The normalized spacial score (nSPS) is 11.6. The summed E-state index contributed by atoms with van der Waals surface area (Å²) in [6.07, 6.45) is 10.5. The monoisotopic (exact) mass is 672 g/mol.